The van der Waals surface area contributed by atoms with E-state index in [9.17, 15) is 19.5 Å². The fourth-order valence-electron chi connectivity index (χ4n) is 6.26. The van der Waals surface area contributed by atoms with Crippen molar-refractivity contribution in [1.29, 1.82) is 0 Å². The van der Waals surface area contributed by atoms with Crippen LogP contribution < -0.4 is 10.6 Å². The molecule has 0 saturated heterocycles. The molecule has 1 saturated carbocycles. The van der Waals surface area contributed by atoms with Gasteiger partial charge in [0.25, 0.3) is 0 Å². The van der Waals surface area contributed by atoms with E-state index in [0.29, 0.717) is 12.8 Å². The molecular weight excluding hydrogens is 532 g/mol. The van der Waals surface area contributed by atoms with E-state index in [1.807, 2.05) is 66.7 Å². The fourth-order valence-corrected chi connectivity index (χ4v) is 6.26. The lowest BCUT2D eigenvalue weighted by Crippen LogP contribution is -2.60. The number of carbonyl (C=O) groups excluding carboxylic acids is 2. The molecule has 3 N–H and O–H groups in total. The highest BCUT2D eigenvalue weighted by Gasteiger charge is 2.39. The number of aliphatic carboxylic acids is 1. The van der Waals surface area contributed by atoms with Crippen molar-refractivity contribution in [3.8, 4) is 11.1 Å². The molecule has 8 heteroatoms. The standard InChI is InChI=1S/C34H38N2O6/c1-23(41-21-24-12-4-2-5-13-24)31(32(39)36-34(20-30(37)38)18-10-3-11-19-34)35-33(40)42-22-29-27-16-8-6-14-25(27)26-15-7-9-17-28(26)29/h2,4-9,12-17,23,29,31H,3,10-11,18-22H2,1H3,(H,35,40)(H,36,39)(H,37,38)/t23-,31+/m0/s1. The van der Waals surface area contributed by atoms with Gasteiger partial charge in [0, 0.05) is 5.92 Å². The van der Waals surface area contributed by atoms with Crippen LogP contribution in [0.15, 0.2) is 78.9 Å². The van der Waals surface area contributed by atoms with Gasteiger partial charge in [0.2, 0.25) is 5.91 Å². The Balaban J connectivity index is 1.30. The second-order valence-corrected chi connectivity index (χ2v) is 11.4. The van der Waals surface area contributed by atoms with Gasteiger partial charge in [0.15, 0.2) is 0 Å². The maximum Gasteiger partial charge on any atom is 0.407 e. The Bertz CT molecular complexity index is 1360. The van der Waals surface area contributed by atoms with Gasteiger partial charge < -0.3 is 25.2 Å². The molecule has 0 heterocycles. The van der Waals surface area contributed by atoms with Crippen molar-refractivity contribution >= 4 is 18.0 Å². The van der Waals surface area contributed by atoms with Crippen molar-refractivity contribution in [3.63, 3.8) is 0 Å². The molecule has 220 valence electrons. The third-order valence-electron chi connectivity index (χ3n) is 8.41. The number of fused-ring (bicyclic) bond motifs is 3. The van der Waals surface area contributed by atoms with Crippen molar-refractivity contribution in [2.75, 3.05) is 6.61 Å². The summed E-state index contributed by atoms with van der Waals surface area (Å²) < 4.78 is 11.8. The first-order valence-corrected chi connectivity index (χ1v) is 14.7. The van der Waals surface area contributed by atoms with Crippen LogP contribution in [-0.4, -0.2) is 47.4 Å². The Hall–Kier alpha value is -4.17. The molecule has 42 heavy (non-hydrogen) atoms. The predicted octanol–water partition coefficient (Wildman–Crippen LogP) is 5.79. The summed E-state index contributed by atoms with van der Waals surface area (Å²) in [4.78, 5) is 38.6. The molecule has 1 fully saturated rings. The van der Waals surface area contributed by atoms with Crippen molar-refractivity contribution in [3.05, 3.63) is 95.6 Å². The number of hydrogen-bond donors (Lipinski definition) is 3. The molecule has 3 aromatic carbocycles. The molecule has 2 aliphatic carbocycles. The lowest BCUT2D eigenvalue weighted by atomic mass is 9.79. The third kappa shape index (κ3) is 6.82. The maximum atomic E-state index is 13.7. The molecule has 0 spiro atoms. The van der Waals surface area contributed by atoms with E-state index >= 15 is 0 Å². The molecule has 2 amide bonds. The van der Waals surface area contributed by atoms with E-state index < -0.39 is 35.7 Å². The Morgan fingerprint density at radius 3 is 2.10 bits per heavy atom. The fraction of sp³-hybridized carbons (Fsp3) is 0.382. The number of hydrogen-bond acceptors (Lipinski definition) is 5. The normalized spacial score (nSPS) is 16.9. The molecule has 0 aliphatic heterocycles. The maximum absolute atomic E-state index is 13.7. The van der Waals surface area contributed by atoms with Crippen molar-refractivity contribution in [1.82, 2.24) is 10.6 Å². The number of carboxylic acid groups (broad SMARTS) is 1. The molecule has 8 nitrogen and oxygen atoms in total. The van der Waals surface area contributed by atoms with Crippen molar-refractivity contribution < 1.29 is 29.0 Å². The Labute approximate surface area is 246 Å². The number of ether oxygens (including phenoxy) is 2. The number of carbonyl (C=O) groups is 3. The summed E-state index contributed by atoms with van der Waals surface area (Å²) >= 11 is 0. The third-order valence-corrected chi connectivity index (χ3v) is 8.41. The smallest absolute Gasteiger partial charge is 0.407 e. The van der Waals surface area contributed by atoms with Crippen LogP contribution in [-0.2, 0) is 25.7 Å². The van der Waals surface area contributed by atoms with Crippen molar-refractivity contribution in [2.24, 2.45) is 0 Å². The van der Waals surface area contributed by atoms with Gasteiger partial charge in [-0.1, -0.05) is 98.1 Å². The average molecular weight is 571 g/mol. The SMILES string of the molecule is C[C@H](OCc1ccccc1)[C@@H](NC(=O)OCC1c2ccccc2-c2ccccc21)C(=O)NC1(CC(=O)O)CCCCC1. The van der Waals surface area contributed by atoms with Crippen LogP contribution in [0.25, 0.3) is 11.1 Å². The van der Waals surface area contributed by atoms with E-state index in [1.54, 1.807) is 6.92 Å². The first-order chi connectivity index (χ1) is 20.3. The summed E-state index contributed by atoms with van der Waals surface area (Å²) in [5.41, 5.74) is 4.50. The quantitative estimate of drug-likeness (QED) is 0.269. The predicted molar refractivity (Wildman–Crippen MR) is 159 cm³/mol. The van der Waals surface area contributed by atoms with Gasteiger partial charge in [0.1, 0.15) is 12.6 Å². The summed E-state index contributed by atoms with van der Waals surface area (Å²) in [5.74, 6) is -1.57. The number of carboxylic acids is 1. The topological polar surface area (TPSA) is 114 Å². The van der Waals surface area contributed by atoms with Crippen LogP contribution in [0.4, 0.5) is 4.79 Å². The summed E-state index contributed by atoms with van der Waals surface area (Å²) in [6.45, 7) is 2.08. The van der Waals surface area contributed by atoms with Gasteiger partial charge >= 0.3 is 12.1 Å². The van der Waals surface area contributed by atoms with E-state index in [4.69, 9.17) is 9.47 Å². The Morgan fingerprint density at radius 2 is 1.48 bits per heavy atom. The lowest BCUT2D eigenvalue weighted by Gasteiger charge is -2.38. The summed E-state index contributed by atoms with van der Waals surface area (Å²) in [6, 6.07) is 24.6. The summed E-state index contributed by atoms with van der Waals surface area (Å²) in [7, 11) is 0. The highest BCUT2D eigenvalue weighted by atomic mass is 16.5. The van der Waals surface area contributed by atoms with Crippen LogP contribution in [0.3, 0.4) is 0 Å². The van der Waals surface area contributed by atoms with Crippen LogP contribution in [0.1, 0.15) is 68.1 Å². The largest absolute Gasteiger partial charge is 0.481 e. The minimum atomic E-state index is -1.09. The first kappa shape index (κ1) is 29.3. The Morgan fingerprint density at radius 1 is 0.881 bits per heavy atom. The number of rotatable bonds is 11. The summed E-state index contributed by atoms with van der Waals surface area (Å²) in [5, 5.41) is 15.3. The number of alkyl carbamates (subject to hydrolysis) is 1. The Kier molecular flexibility index (Phi) is 9.22. The lowest BCUT2D eigenvalue weighted by molar-refractivity contribution is -0.140. The molecule has 0 radical (unpaired) electrons. The molecular formula is C34H38N2O6. The zero-order valence-corrected chi connectivity index (χ0v) is 23.9. The molecule has 2 atom stereocenters. The minimum absolute atomic E-state index is 0.108. The molecule has 2 aliphatic rings. The molecule has 0 bridgehead atoms. The second kappa shape index (κ2) is 13.2. The van der Waals surface area contributed by atoms with Crippen LogP contribution in [0.2, 0.25) is 0 Å². The van der Waals surface area contributed by atoms with E-state index in [1.165, 1.54) is 0 Å². The monoisotopic (exact) mass is 570 g/mol. The summed E-state index contributed by atoms with van der Waals surface area (Å²) in [6.07, 6.45) is 2.18. The van der Waals surface area contributed by atoms with Crippen molar-refractivity contribution in [2.45, 2.75) is 75.7 Å². The minimum Gasteiger partial charge on any atom is -0.481 e. The van der Waals surface area contributed by atoms with Gasteiger partial charge in [-0.25, -0.2) is 4.79 Å². The van der Waals surface area contributed by atoms with Crippen LogP contribution in [0.5, 0.6) is 0 Å². The number of amides is 2. The number of benzene rings is 3. The van der Waals surface area contributed by atoms with E-state index in [0.717, 1.165) is 47.1 Å². The van der Waals surface area contributed by atoms with E-state index in [-0.39, 0.29) is 25.6 Å². The van der Waals surface area contributed by atoms with E-state index in [2.05, 4.69) is 22.8 Å². The van der Waals surface area contributed by atoms with Crippen LogP contribution in [0, 0.1) is 0 Å². The van der Waals surface area contributed by atoms with Crippen LogP contribution >= 0.6 is 0 Å². The highest BCUT2D eigenvalue weighted by Crippen LogP contribution is 2.44. The second-order valence-electron chi connectivity index (χ2n) is 11.4. The number of nitrogens with one attached hydrogen (secondary N) is 2. The van der Waals surface area contributed by atoms with Gasteiger partial charge in [0.05, 0.1) is 24.7 Å². The average Bonchev–Trinajstić information content (AvgIpc) is 3.31. The van der Waals surface area contributed by atoms with Gasteiger partial charge in [-0.3, -0.25) is 9.59 Å². The zero-order valence-electron chi connectivity index (χ0n) is 23.9. The van der Waals surface area contributed by atoms with Gasteiger partial charge in [-0.2, -0.15) is 0 Å². The first-order valence-electron chi connectivity index (χ1n) is 14.7. The van der Waals surface area contributed by atoms with Gasteiger partial charge in [-0.15, -0.1) is 0 Å². The zero-order chi connectivity index (χ0) is 29.5. The molecule has 3 aromatic rings. The highest BCUT2D eigenvalue weighted by molar-refractivity contribution is 5.87. The van der Waals surface area contributed by atoms with Gasteiger partial charge in [-0.05, 0) is 47.6 Å². The molecule has 5 rings (SSSR count). The molecule has 0 unspecified atom stereocenters. The molecule has 0 aromatic heterocycles.